The largest absolute Gasteiger partial charge is 0.508 e. The van der Waals surface area contributed by atoms with E-state index in [0.29, 0.717) is 5.56 Å². The Hall–Kier alpha value is -2.94. The molecule has 1 atom stereocenters. The van der Waals surface area contributed by atoms with Crippen molar-refractivity contribution >= 4 is 5.97 Å². The lowest BCUT2D eigenvalue weighted by molar-refractivity contribution is -0.139. The summed E-state index contributed by atoms with van der Waals surface area (Å²) in [5, 5.41) is 20.0. The molecule has 3 N–H and O–H groups in total. The third-order valence-electron chi connectivity index (χ3n) is 3.90. The summed E-state index contributed by atoms with van der Waals surface area (Å²) in [7, 11) is 0. The minimum absolute atomic E-state index is 0.00505. The maximum Gasteiger partial charge on any atom is 0.338 e. The highest BCUT2D eigenvalue weighted by atomic mass is 16.5. The van der Waals surface area contributed by atoms with Crippen LogP contribution in [0.2, 0.25) is 0 Å². The summed E-state index contributed by atoms with van der Waals surface area (Å²) in [6.07, 6.45) is 0. The Bertz CT molecular complexity index is 777. The Morgan fingerprint density at radius 1 is 1.42 bits per heavy atom. The molecule has 126 valence electrons. The molecule has 1 aromatic carbocycles. The van der Waals surface area contributed by atoms with Crippen LogP contribution in [0.4, 0.5) is 0 Å². The topological polar surface area (TPSA) is 106 Å². The van der Waals surface area contributed by atoms with Crippen molar-refractivity contribution in [2.45, 2.75) is 33.6 Å². The molecule has 2 rings (SSSR count). The van der Waals surface area contributed by atoms with Gasteiger partial charge in [0, 0.05) is 5.56 Å². The number of hydrogen-bond acceptors (Lipinski definition) is 6. The van der Waals surface area contributed by atoms with Gasteiger partial charge in [0.2, 0.25) is 5.88 Å². The van der Waals surface area contributed by atoms with Crippen LogP contribution < -0.4 is 5.73 Å². The lowest BCUT2D eigenvalue weighted by atomic mass is 9.80. The Kier molecular flexibility index (Phi) is 4.84. The number of nitrogens with zero attached hydrogens (tertiary/aromatic N) is 1. The summed E-state index contributed by atoms with van der Waals surface area (Å²) < 4.78 is 10.5. The fraction of sp³-hybridized carbons (Fsp3) is 0.333. The second-order valence-electron chi connectivity index (χ2n) is 5.63. The number of carbonyl (C=O) groups is 1. The maximum absolute atomic E-state index is 12.4. The van der Waals surface area contributed by atoms with Crippen molar-refractivity contribution in [2.24, 2.45) is 5.73 Å². The molecular formula is C18H20N2O4. The first-order valence-corrected chi connectivity index (χ1v) is 7.57. The van der Waals surface area contributed by atoms with Gasteiger partial charge in [0.25, 0.3) is 0 Å². The highest BCUT2D eigenvalue weighted by Gasteiger charge is 2.38. The van der Waals surface area contributed by atoms with E-state index in [9.17, 15) is 15.2 Å². The second kappa shape index (κ2) is 6.67. The summed E-state index contributed by atoms with van der Waals surface area (Å²) in [5.41, 5.74) is 8.15. The Morgan fingerprint density at radius 3 is 2.62 bits per heavy atom. The van der Waals surface area contributed by atoms with Crippen LogP contribution in [0.3, 0.4) is 0 Å². The van der Waals surface area contributed by atoms with E-state index in [0.717, 1.165) is 11.1 Å². The highest BCUT2D eigenvalue weighted by Crippen LogP contribution is 2.44. The number of ether oxygens (including phenoxy) is 2. The molecule has 0 aromatic heterocycles. The number of aromatic hydroxyl groups is 1. The van der Waals surface area contributed by atoms with Crippen LogP contribution in [-0.4, -0.2) is 17.7 Å². The van der Waals surface area contributed by atoms with E-state index in [1.54, 1.807) is 26.8 Å². The molecule has 0 aliphatic carbocycles. The van der Waals surface area contributed by atoms with E-state index in [1.165, 1.54) is 0 Å². The summed E-state index contributed by atoms with van der Waals surface area (Å²) in [6, 6.07) is 5.45. The molecule has 1 aromatic rings. The molecule has 0 fully saturated rings. The van der Waals surface area contributed by atoms with E-state index in [2.05, 4.69) is 0 Å². The Labute approximate surface area is 140 Å². The Balaban J connectivity index is 2.75. The zero-order chi connectivity index (χ0) is 18.0. The SMILES string of the molecule is CCOC(=O)C1=C(C)OC(N)=C(C#N)C1c1c(C)cc(C)cc1O. The van der Waals surface area contributed by atoms with Crippen LogP contribution in [0.15, 0.2) is 34.9 Å². The molecule has 0 spiro atoms. The standard InChI is InChI=1S/C18H20N2O4/c1-5-23-18(22)15-11(4)24-17(20)12(8-19)16(15)14-10(3)6-9(2)7-13(14)21/h6-7,16,21H,5,20H2,1-4H3. The van der Waals surface area contributed by atoms with Gasteiger partial charge in [-0.15, -0.1) is 0 Å². The number of nitrogens with two attached hydrogens (primary N) is 1. The summed E-state index contributed by atoms with van der Waals surface area (Å²) in [6.45, 7) is 7.11. The minimum Gasteiger partial charge on any atom is -0.508 e. The number of benzene rings is 1. The summed E-state index contributed by atoms with van der Waals surface area (Å²) in [5.74, 6) is -1.25. The fourth-order valence-corrected chi connectivity index (χ4v) is 2.98. The minimum atomic E-state index is -0.830. The normalized spacial score (nSPS) is 17.4. The molecule has 0 amide bonds. The van der Waals surface area contributed by atoms with Crippen molar-refractivity contribution in [3.05, 3.63) is 51.6 Å². The Morgan fingerprint density at radius 2 is 2.08 bits per heavy atom. The molecule has 0 saturated carbocycles. The number of esters is 1. The lowest BCUT2D eigenvalue weighted by Gasteiger charge is -2.28. The number of phenolic OH excluding ortho intramolecular Hbond substituents is 1. The molecule has 1 heterocycles. The van der Waals surface area contributed by atoms with Gasteiger partial charge in [-0.1, -0.05) is 6.07 Å². The van der Waals surface area contributed by atoms with E-state index >= 15 is 0 Å². The first-order valence-electron chi connectivity index (χ1n) is 7.57. The number of phenols is 1. The van der Waals surface area contributed by atoms with Gasteiger partial charge in [0.15, 0.2) is 0 Å². The molecule has 0 saturated heterocycles. The smallest absolute Gasteiger partial charge is 0.338 e. The van der Waals surface area contributed by atoms with E-state index in [-0.39, 0.29) is 35.1 Å². The predicted octanol–water partition coefficient (Wildman–Crippen LogP) is 2.65. The molecule has 1 unspecified atom stereocenters. The first-order chi connectivity index (χ1) is 11.3. The van der Waals surface area contributed by atoms with Gasteiger partial charge < -0.3 is 20.3 Å². The molecule has 1 aliphatic rings. The molecule has 6 nitrogen and oxygen atoms in total. The number of hydrogen-bond donors (Lipinski definition) is 2. The molecule has 1 aliphatic heterocycles. The molecule has 6 heteroatoms. The number of carbonyl (C=O) groups excluding carboxylic acids is 1. The van der Waals surface area contributed by atoms with Crippen LogP contribution in [-0.2, 0) is 14.3 Å². The van der Waals surface area contributed by atoms with Crippen molar-refractivity contribution in [3.63, 3.8) is 0 Å². The van der Waals surface area contributed by atoms with E-state index < -0.39 is 11.9 Å². The quantitative estimate of drug-likeness (QED) is 0.826. The van der Waals surface area contributed by atoms with Gasteiger partial charge in [0.1, 0.15) is 23.2 Å². The average molecular weight is 328 g/mol. The monoisotopic (exact) mass is 328 g/mol. The second-order valence-corrected chi connectivity index (χ2v) is 5.63. The zero-order valence-electron chi connectivity index (χ0n) is 14.1. The highest BCUT2D eigenvalue weighted by molar-refractivity contribution is 5.93. The molecule has 0 bridgehead atoms. The fourth-order valence-electron chi connectivity index (χ4n) is 2.98. The van der Waals surface area contributed by atoms with Gasteiger partial charge in [-0.25, -0.2) is 4.79 Å². The van der Waals surface area contributed by atoms with Crippen molar-refractivity contribution in [3.8, 4) is 11.8 Å². The van der Waals surface area contributed by atoms with Crippen LogP contribution in [0.25, 0.3) is 0 Å². The molecule has 24 heavy (non-hydrogen) atoms. The summed E-state index contributed by atoms with van der Waals surface area (Å²) in [4.78, 5) is 12.4. The van der Waals surface area contributed by atoms with Gasteiger partial charge in [-0.05, 0) is 44.9 Å². The zero-order valence-corrected chi connectivity index (χ0v) is 14.1. The number of nitriles is 1. The van der Waals surface area contributed by atoms with Gasteiger partial charge >= 0.3 is 5.97 Å². The average Bonchev–Trinajstić information content (AvgIpc) is 2.46. The van der Waals surface area contributed by atoms with Gasteiger partial charge in [-0.2, -0.15) is 5.26 Å². The van der Waals surface area contributed by atoms with Crippen LogP contribution >= 0.6 is 0 Å². The third-order valence-corrected chi connectivity index (χ3v) is 3.90. The van der Waals surface area contributed by atoms with Crippen molar-refractivity contribution in [1.82, 2.24) is 0 Å². The number of allylic oxidation sites excluding steroid dienone is 2. The predicted molar refractivity (Wildman–Crippen MR) is 87.6 cm³/mol. The third kappa shape index (κ3) is 2.93. The van der Waals surface area contributed by atoms with Crippen LogP contribution in [0.1, 0.15) is 36.5 Å². The van der Waals surface area contributed by atoms with Gasteiger partial charge in [0.05, 0.1) is 18.1 Å². The summed E-state index contributed by atoms with van der Waals surface area (Å²) >= 11 is 0. The van der Waals surface area contributed by atoms with Crippen LogP contribution in [0, 0.1) is 25.2 Å². The van der Waals surface area contributed by atoms with Crippen molar-refractivity contribution in [2.75, 3.05) is 6.61 Å². The van der Waals surface area contributed by atoms with Crippen molar-refractivity contribution in [1.29, 1.82) is 5.26 Å². The first kappa shape index (κ1) is 17.4. The molecular weight excluding hydrogens is 308 g/mol. The van der Waals surface area contributed by atoms with Crippen LogP contribution in [0.5, 0.6) is 5.75 Å². The van der Waals surface area contributed by atoms with E-state index in [1.807, 2.05) is 19.1 Å². The van der Waals surface area contributed by atoms with Gasteiger partial charge in [-0.3, -0.25) is 0 Å². The number of rotatable bonds is 3. The van der Waals surface area contributed by atoms with E-state index in [4.69, 9.17) is 15.2 Å². The number of aryl methyl sites for hydroxylation is 2. The van der Waals surface area contributed by atoms with Crippen molar-refractivity contribution < 1.29 is 19.4 Å². The molecule has 0 radical (unpaired) electrons. The maximum atomic E-state index is 12.4. The lowest BCUT2D eigenvalue weighted by Crippen LogP contribution is -2.26.